The number of carbonyl (C=O) groups is 4. The van der Waals surface area contributed by atoms with E-state index in [1.54, 1.807) is 48.5 Å². The molecule has 0 spiro atoms. The van der Waals surface area contributed by atoms with Crippen molar-refractivity contribution in [1.82, 2.24) is 0 Å². The summed E-state index contributed by atoms with van der Waals surface area (Å²) >= 11 is 12.2. The molecule has 7 nitrogen and oxygen atoms in total. The maximum atomic E-state index is 12.5. The molecule has 1 heterocycles. The maximum absolute atomic E-state index is 12.5. The average molecular weight is 512 g/mol. The largest absolute Gasteiger partial charge is 0.457 e. The van der Waals surface area contributed by atoms with Crippen molar-refractivity contribution in [3.8, 4) is 5.75 Å². The predicted octanol–water partition coefficient (Wildman–Crippen LogP) is 4.99. The number of hydrogen-bond donors (Lipinski definition) is 0. The average Bonchev–Trinajstić information content (AvgIpc) is 3.26. The second-order valence-electron chi connectivity index (χ2n) is 7.79. The van der Waals surface area contributed by atoms with Crippen LogP contribution in [0.3, 0.4) is 0 Å². The van der Waals surface area contributed by atoms with E-state index in [0.717, 1.165) is 0 Å². The molecule has 0 N–H and O–H groups in total. The summed E-state index contributed by atoms with van der Waals surface area (Å²) in [7, 11) is 0. The second kappa shape index (κ2) is 10.7. The SMILES string of the molecule is O=C(COC(=O)[C@@H]1CC(=O)N(c2cccc(Cl)c2Cl)C1)c1ccc(OC(=O)c2ccccc2)cc1. The quantitative estimate of drug-likeness (QED) is 0.252. The van der Waals surface area contributed by atoms with Crippen LogP contribution in [0.25, 0.3) is 0 Å². The van der Waals surface area contributed by atoms with E-state index in [9.17, 15) is 19.2 Å². The molecule has 178 valence electrons. The van der Waals surface area contributed by atoms with E-state index in [0.29, 0.717) is 16.3 Å². The van der Waals surface area contributed by atoms with Gasteiger partial charge in [-0.3, -0.25) is 14.4 Å². The molecule has 1 amide bonds. The molecule has 3 aromatic carbocycles. The van der Waals surface area contributed by atoms with Gasteiger partial charge in [-0.25, -0.2) is 4.79 Å². The first-order valence-corrected chi connectivity index (χ1v) is 11.4. The lowest BCUT2D eigenvalue weighted by atomic mass is 10.1. The summed E-state index contributed by atoms with van der Waals surface area (Å²) in [4.78, 5) is 50.9. The van der Waals surface area contributed by atoms with Gasteiger partial charge in [0, 0.05) is 18.5 Å². The minimum atomic E-state index is -0.731. The lowest BCUT2D eigenvalue weighted by molar-refractivity contribution is -0.147. The fourth-order valence-electron chi connectivity index (χ4n) is 3.59. The van der Waals surface area contributed by atoms with E-state index in [2.05, 4.69) is 0 Å². The highest BCUT2D eigenvalue weighted by atomic mass is 35.5. The number of anilines is 1. The molecule has 0 aliphatic carbocycles. The first kappa shape index (κ1) is 24.4. The Morgan fingerprint density at radius 1 is 0.886 bits per heavy atom. The number of carbonyl (C=O) groups excluding carboxylic acids is 4. The van der Waals surface area contributed by atoms with Gasteiger partial charge in [0.25, 0.3) is 0 Å². The zero-order valence-electron chi connectivity index (χ0n) is 18.3. The van der Waals surface area contributed by atoms with Crippen LogP contribution in [0.4, 0.5) is 5.69 Å². The standard InChI is InChI=1S/C26H19Cl2NO6/c27-20-7-4-8-21(24(20)28)29-14-18(13-23(29)31)25(32)34-15-22(30)16-9-11-19(12-10-16)35-26(33)17-5-2-1-3-6-17/h1-12,18H,13-15H2/t18-/m1/s1. The van der Waals surface area contributed by atoms with Crippen molar-refractivity contribution in [1.29, 1.82) is 0 Å². The lowest BCUT2D eigenvalue weighted by Crippen LogP contribution is -2.27. The molecular formula is C26H19Cl2NO6. The number of Topliss-reactive ketones (excluding diaryl/α,β-unsaturated/α-hetero) is 1. The van der Waals surface area contributed by atoms with E-state index in [-0.39, 0.29) is 35.2 Å². The van der Waals surface area contributed by atoms with Crippen LogP contribution in [0.1, 0.15) is 27.1 Å². The van der Waals surface area contributed by atoms with Crippen molar-refractivity contribution in [2.45, 2.75) is 6.42 Å². The Kier molecular flexibility index (Phi) is 7.48. The number of ketones is 1. The third-order valence-corrected chi connectivity index (χ3v) is 6.23. The number of halogens is 2. The van der Waals surface area contributed by atoms with Crippen molar-refractivity contribution >= 4 is 52.5 Å². The highest BCUT2D eigenvalue weighted by Gasteiger charge is 2.37. The van der Waals surface area contributed by atoms with Gasteiger partial charge in [0.1, 0.15) is 5.75 Å². The summed E-state index contributed by atoms with van der Waals surface area (Å²) in [6.07, 6.45) is -0.0582. The van der Waals surface area contributed by atoms with E-state index in [4.69, 9.17) is 32.7 Å². The van der Waals surface area contributed by atoms with Crippen molar-refractivity contribution in [3.05, 3.63) is 94.0 Å². The number of benzene rings is 3. The smallest absolute Gasteiger partial charge is 0.343 e. The monoisotopic (exact) mass is 511 g/mol. The van der Waals surface area contributed by atoms with Gasteiger partial charge < -0.3 is 14.4 Å². The van der Waals surface area contributed by atoms with Crippen LogP contribution in [0, 0.1) is 5.92 Å². The molecule has 0 aromatic heterocycles. The van der Waals surface area contributed by atoms with E-state index in [1.807, 2.05) is 0 Å². The molecule has 1 saturated heterocycles. The Labute approximate surface area is 211 Å². The fraction of sp³-hybridized carbons (Fsp3) is 0.154. The number of nitrogens with zero attached hydrogens (tertiary/aromatic N) is 1. The van der Waals surface area contributed by atoms with Crippen LogP contribution in [-0.4, -0.2) is 36.8 Å². The second-order valence-corrected chi connectivity index (χ2v) is 8.57. The molecule has 0 unspecified atom stereocenters. The van der Waals surface area contributed by atoms with E-state index >= 15 is 0 Å². The van der Waals surface area contributed by atoms with Crippen LogP contribution >= 0.6 is 23.2 Å². The third-order valence-electron chi connectivity index (χ3n) is 5.42. The summed E-state index contributed by atoms with van der Waals surface area (Å²) in [5.74, 6) is -2.35. The lowest BCUT2D eigenvalue weighted by Gasteiger charge is -2.18. The zero-order chi connectivity index (χ0) is 24.9. The van der Waals surface area contributed by atoms with Gasteiger partial charge in [-0.1, -0.05) is 47.5 Å². The molecule has 9 heteroatoms. The van der Waals surface area contributed by atoms with Gasteiger partial charge in [-0.05, 0) is 48.5 Å². The maximum Gasteiger partial charge on any atom is 0.343 e. The molecule has 1 aliphatic heterocycles. The van der Waals surface area contributed by atoms with Crippen LogP contribution < -0.4 is 9.64 Å². The number of rotatable bonds is 7. The molecule has 0 bridgehead atoms. The Morgan fingerprint density at radius 2 is 1.60 bits per heavy atom. The first-order valence-electron chi connectivity index (χ1n) is 10.6. The Bertz CT molecular complexity index is 1280. The Balaban J connectivity index is 1.30. The van der Waals surface area contributed by atoms with Gasteiger partial charge in [0.05, 0.1) is 27.2 Å². The summed E-state index contributed by atoms with van der Waals surface area (Å²) in [6, 6.07) is 19.3. The number of hydrogen-bond acceptors (Lipinski definition) is 6. The molecule has 4 rings (SSSR count). The normalized spacial score (nSPS) is 15.1. The van der Waals surface area contributed by atoms with E-state index < -0.39 is 30.2 Å². The van der Waals surface area contributed by atoms with Crippen molar-refractivity contribution < 1.29 is 28.7 Å². The molecule has 1 aliphatic rings. The van der Waals surface area contributed by atoms with Crippen molar-refractivity contribution in [2.75, 3.05) is 18.1 Å². The highest BCUT2D eigenvalue weighted by molar-refractivity contribution is 6.44. The summed E-state index contributed by atoms with van der Waals surface area (Å²) in [5.41, 5.74) is 1.11. The van der Waals surface area contributed by atoms with Crippen molar-refractivity contribution in [3.63, 3.8) is 0 Å². The molecule has 3 aromatic rings. The van der Waals surface area contributed by atoms with Crippen molar-refractivity contribution in [2.24, 2.45) is 5.92 Å². The Hall–Kier alpha value is -3.68. The molecule has 0 radical (unpaired) electrons. The van der Waals surface area contributed by atoms with Crippen LogP contribution in [0.15, 0.2) is 72.8 Å². The summed E-state index contributed by atoms with van der Waals surface area (Å²) in [5, 5.41) is 0.527. The van der Waals surface area contributed by atoms with Gasteiger partial charge in [-0.15, -0.1) is 0 Å². The highest BCUT2D eigenvalue weighted by Crippen LogP contribution is 2.35. The summed E-state index contributed by atoms with van der Waals surface area (Å²) < 4.78 is 10.5. The molecule has 1 fully saturated rings. The number of ether oxygens (including phenoxy) is 2. The fourth-order valence-corrected chi connectivity index (χ4v) is 3.98. The topological polar surface area (TPSA) is 90.0 Å². The first-order chi connectivity index (χ1) is 16.8. The number of esters is 2. The van der Waals surface area contributed by atoms with Gasteiger partial charge >= 0.3 is 11.9 Å². The van der Waals surface area contributed by atoms with Gasteiger partial charge in [0.15, 0.2) is 12.4 Å². The minimum absolute atomic E-state index is 0.0582. The van der Waals surface area contributed by atoms with E-state index in [1.165, 1.54) is 29.2 Å². The van der Waals surface area contributed by atoms with Crippen LogP contribution in [0.5, 0.6) is 5.75 Å². The predicted molar refractivity (Wildman–Crippen MR) is 130 cm³/mol. The van der Waals surface area contributed by atoms with Crippen LogP contribution in [0.2, 0.25) is 10.0 Å². The molecular weight excluding hydrogens is 493 g/mol. The summed E-state index contributed by atoms with van der Waals surface area (Å²) in [6.45, 7) is -0.405. The third kappa shape index (κ3) is 5.70. The molecule has 1 atom stereocenters. The molecule has 35 heavy (non-hydrogen) atoms. The minimum Gasteiger partial charge on any atom is -0.457 e. The zero-order valence-corrected chi connectivity index (χ0v) is 19.8. The molecule has 0 saturated carbocycles. The Morgan fingerprint density at radius 3 is 2.31 bits per heavy atom. The van der Waals surface area contributed by atoms with Gasteiger partial charge in [0.2, 0.25) is 5.91 Å². The van der Waals surface area contributed by atoms with Gasteiger partial charge in [-0.2, -0.15) is 0 Å². The number of amides is 1. The van der Waals surface area contributed by atoms with Crippen LogP contribution in [-0.2, 0) is 14.3 Å².